The highest BCUT2D eigenvalue weighted by Crippen LogP contribution is 2.02. The summed E-state index contributed by atoms with van der Waals surface area (Å²) in [7, 11) is 1.63. The molecule has 7 heteroatoms. The number of nitrogens with two attached hydrogens (primary N) is 1. The van der Waals surface area contributed by atoms with Crippen molar-refractivity contribution in [2.45, 2.75) is 13.0 Å². The number of nitrogens with zero attached hydrogens (tertiary/aromatic N) is 2. The second-order valence-corrected chi connectivity index (χ2v) is 3.85. The third kappa shape index (κ3) is 6.32. The van der Waals surface area contributed by atoms with E-state index in [9.17, 15) is 4.79 Å². The minimum atomic E-state index is -0.189. The Morgan fingerprint density at radius 3 is 2.84 bits per heavy atom. The minimum Gasteiger partial charge on any atom is -0.490 e. The quantitative estimate of drug-likeness (QED) is 0.584. The van der Waals surface area contributed by atoms with Crippen LogP contribution in [-0.4, -0.2) is 49.9 Å². The smallest absolute Gasteiger partial charge is 0.270 e. The number of methoxy groups -OCH3 is 1. The summed E-state index contributed by atoms with van der Waals surface area (Å²) in [5.41, 5.74) is 5.12. The molecule has 0 radical (unpaired) electrons. The van der Waals surface area contributed by atoms with Crippen molar-refractivity contribution in [3.8, 4) is 5.75 Å². The first-order chi connectivity index (χ1) is 9.27. The Labute approximate surface area is 112 Å². The lowest BCUT2D eigenvalue weighted by molar-refractivity contribution is 0.0675. The Morgan fingerprint density at radius 1 is 1.32 bits per heavy atom. The number of rotatable bonds is 10. The van der Waals surface area contributed by atoms with Crippen LogP contribution in [0.4, 0.5) is 0 Å². The van der Waals surface area contributed by atoms with Crippen molar-refractivity contribution in [1.29, 1.82) is 0 Å². The van der Waals surface area contributed by atoms with Crippen molar-refractivity contribution < 1.29 is 14.2 Å². The molecular formula is C12H21N3O4. The summed E-state index contributed by atoms with van der Waals surface area (Å²) in [6.45, 7) is 3.00. The van der Waals surface area contributed by atoms with E-state index in [2.05, 4.69) is 5.10 Å². The molecule has 0 unspecified atom stereocenters. The summed E-state index contributed by atoms with van der Waals surface area (Å²) in [5, 5.41) is 4.02. The standard InChI is InChI=1S/C12H21N3O4/c1-17-7-8-18-5-2-4-15-12(16)9-11(10-14-15)19-6-3-13/h9-10H,2-8,13H2,1H3. The van der Waals surface area contributed by atoms with Crippen molar-refractivity contribution in [3.05, 3.63) is 22.6 Å². The normalized spacial score (nSPS) is 10.6. The lowest BCUT2D eigenvalue weighted by Gasteiger charge is -2.07. The largest absolute Gasteiger partial charge is 0.490 e. The molecule has 0 aliphatic heterocycles. The van der Waals surface area contributed by atoms with Gasteiger partial charge < -0.3 is 19.9 Å². The summed E-state index contributed by atoms with van der Waals surface area (Å²) in [6, 6.07) is 1.41. The molecule has 0 fully saturated rings. The molecule has 0 saturated carbocycles. The van der Waals surface area contributed by atoms with Crippen molar-refractivity contribution in [1.82, 2.24) is 9.78 Å². The average Bonchev–Trinajstić information content (AvgIpc) is 2.42. The predicted octanol–water partition coefficient (Wildman–Crippen LogP) is -0.366. The molecule has 0 aliphatic carbocycles. The van der Waals surface area contributed by atoms with Gasteiger partial charge in [0.05, 0.1) is 19.4 Å². The monoisotopic (exact) mass is 271 g/mol. The number of aromatic nitrogens is 2. The Balaban J connectivity index is 2.32. The second kappa shape index (κ2) is 9.48. The Bertz CT molecular complexity index is 408. The zero-order valence-electron chi connectivity index (χ0n) is 11.2. The van der Waals surface area contributed by atoms with Gasteiger partial charge in [0.2, 0.25) is 0 Å². The molecule has 0 bridgehead atoms. The summed E-state index contributed by atoms with van der Waals surface area (Å²) >= 11 is 0. The highest BCUT2D eigenvalue weighted by molar-refractivity contribution is 5.13. The van der Waals surface area contributed by atoms with Gasteiger partial charge >= 0.3 is 0 Å². The van der Waals surface area contributed by atoms with Crippen LogP contribution >= 0.6 is 0 Å². The molecule has 0 amide bonds. The van der Waals surface area contributed by atoms with E-state index in [-0.39, 0.29) is 5.56 Å². The minimum absolute atomic E-state index is 0.189. The second-order valence-electron chi connectivity index (χ2n) is 3.85. The van der Waals surface area contributed by atoms with E-state index in [0.29, 0.717) is 45.3 Å². The topological polar surface area (TPSA) is 88.6 Å². The van der Waals surface area contributed by atoms with E-state index < -0.39 is 0 Å². The number of hydrogen-bond acceptors (Lipinski definition) is 6. The van der Waals surface area contributed by atoms with Crippen molar-refractivity contribution >= 4 is 0 Å². The van der Waals surface area contributed by atoms with E-state index in [4.69, 9.17) is 19.9 Å². The van der Waals surface area contributed by atoms with Gasteiger partial charge in [-0.15, -0.1) is 0 Å². The van der Waals surface area contributed by atoms with E-state index >= 15 is 0 Å². The van der Waals surface area contributed by atoms with Crippen LogP contribution in [0.2, 0.25) is 0 Å². The van der Waals surface area contributed by atoms with Gasteiger partial charge in [0.15, 0.2) is 0 Å². The van der Waals surface area contributed by atoms with Gasteiger partial charge in [-0.3, -0.25) is 4.79 Å². The van der Waals surface area contributed by atoms with Gasteiger partial charge in [-0.25, -0.2) is 4.68 Å². The molecule has 0 aliphatic rings. The molecule has 0 aromatic carbocycles. The van der Waals surface area contributed by atoms with Crippen LogP contribution in [0.3, 0.4) is 0 Å². The van der Waals surface area contributed by atoms with Crippen LogP contribution in [0.1, 0.15) is 6.42 Å². The summed E-state index contributed by atoms with van der Waals surface area (Å²) in [6.07, 6.45) is 2.24. The molecule has 7 nitrogen and oxygen atoms in total. The van der Waals surface area contributed by atoms with Crippen LogP contribution in [0.15, 0.2) is 17.1 Å². The van der Waals surface area contributed by atoms with E-state index in [1.807, 2.05) is 0 Å². The maximum atomic E-state index is 11.7. The molecule has 108 valence electrons. The van der Waals surface area contributed by atoms with Crippen LogP contribution in [0.5, 0.6) is 5.75 Å². The molecule has 19 heavy (non-hydrogen) atoms. The van der Waals surface area contributed by atoms with Gasteiger partial charge in [0.25, 0.3) is 5.56 Å². The first-order valence-electron chi connectivity index (χ1n) is 6.24. The van der Waals surface area contributed by atoms with Crippen molar-refractivity contribution in [2.75, 3.05) is 40.1 Å². The van der Waals surface area contributed by atoms with E-state index in [0.717, 1.165) is 6.42 Å². The van der Waals surface area contributed by atoms with E-state index in [1.165, 1.54) is 16.9 Å². The molecule has 1 rings (SSSR count). The Morgan fingerprint density at radius 2 is 2.16 bits per heavy atom. The maximum absolute atomic E-state index is 11.7. The first kappa shape index (κ1) is 15.6. The Hall–Kier alpha value is -1.44. The summed E-state index contributed by atoms with van der Waals surface area (Å²) in [4.78, 5) is 11.7. The lowest BCUT2D eigenvalue weighted by Crippen LogP contribution is -2.23. The van der Waals surface area contributed by atoms with Crippen molar-refractivity contribution in [3.63, 3.8) is 0 Å². The van der Waals surface area contributed by atoms with Gasteiger partial charge in [0.1, 0.15) is 12.4 Å². The molecule has 2 N–H and O–H groups in total. The summed E-state index contributed by atoms with van der Waals surface area (Å²) < 4.78 is 16.8. The average molecular weight is 271 g/mol. The number of ether oxygens (including phenoxy) is 3. The molecular weight excluding hydrogens is 250 g/mol. The van der Waals surface area contributed by atoms with Gasteiger partial charge in [-0.1, -0.05) is 0 Å². The molecule has 1 aromatic rings. The van der Waals surface area contributed by atoms with Gasteiger partial charge in [-0.2, -0.15) is 5.10 Å². The fraction of sp³-hybridized carbons (Fsp3) is 0.667. The zero-order chi connectivity index (χ0) is 13.9. The maximum Gasteiger partial charge on any atom is 0.270 e. The highest BCUT2D eigenvalue weighted by Gasteiger charge is 2.01. The predicted molar refractivity (Wildman–Crippen MR) is 70.4 cm³/mol. The number of aryl methyl sites for hydroxylation is 1. The SMILES string of the molecule is COCCOCCCn1ncc(OCCN)cc1=O. The molecule has 0 spiro atoms. The van der Waals surface area contributed by atoms with Gasteiger partial charge in [0, 0.05) is 32.9 Å². The summed E-state index contributed by atoms with van der Waals surface area (Å²) in [5.74, 6) is 0.447. The Kier molecular flexibility index (Phi) is 7.80. The van der Waals surface area contributed by atoms with Crippen LogP contribution < -0.4 is 16.0 Å². The molecule has 0 saturated heterocycles. The molecule has 0 atom stereocenters. The third-order valence-corrected chi connectivity index (χ3v) is 2.32. The van der Waals surface area contributed by atoms with Crippen LogP contribution in [0.25, 0.3) is 0 Å². The van der Waals surface area contributed by atoms with Crippen molar-refractivity contribution in [2.24, 2.45) is 5.73 Å². The fourth-order valence-corrected chi connectivity index (χ4v) is 1.40. The number of hydrogen-bond donors (Lipinski definition) is 1. The zero-order valence-corrected chi connectivity index (χ0v) is 11.2. The fourth-order valence-electron chi connectivity index (χ4n) is 1.40. The highest BCUT2D eigenvalue weighted by atomic mass is 16.5. The van der Waals surface area contributed by atoms with E-state index in [1.54, 1.807) is 7.11 Å². The first-order valence-corrected chi connectivity index (χ1v) is 6.24. The van der Waals surface area contributed by atoms with Crippen LogP contribution in [0, 0.1) is 0 Å². The van der Waals surface area contributed by atoms with Crippen LogP contribution in [-0.2, 0) is 16.0 Å². The molecule has 1 heterocycles. The van der Waals surface area contributed by atoms with Gasteiger partial charge in [-0.05, 0) is 6.42 Å². The molecule has 1 aromatic heterocycles. The lowest BCUT2D eigenvalue weighted by atomic mass is 10.4. The third-order valence-electron chi connectivity index (χ3n) is 2.32.